The minimum Gasteiger partial charge on any atom is -0.507 e. The van der Waals surface area contributed by atoms with Gasteiger partial charge in [-0.15, -0.1) is 5.11 Å². The van der Waals surface area contributed by atoms with Gasteiger partial charge in [0.15, 0.2) is 0 Å². The minimum atomic E-state index is 0.147. The van der Waals surface area contributed by atoms with Gasteiger partial charge in [0.2, 0.25) is 0 Å². The van der Waals surface area contributed by atoms with E-state index in [0.29, 0.717) is 11.3 Å². The largest absolute Gasteiger partial charge is 0.507 e. The lowest BCUT2D eigenvalue weighted by Crippen LogP contribution is -1.82. The summed E-state index contributed by atoms with van der Waals surface area (Å²) in [7, 11) is 0. The van der Waals surface area contributed by atoms with Crippen molar-refractivity contribution in [1.82, 2.24) is 0 Å². The van der Waals surface area contributed by atoms with E-state index >= 15 is 0 Å². The van der Waals surface area contributed by atoms with Crippen LogP contribution in [0.3, 0.4) is 0 Å². The van der Waals surface area contributed by atoms with Crippen molar-refractivity contribution in [2.45, 2.75) is 9.79 Å². The Kier molecular flexibility index (Phi) is 6.32. The summed E-state index contributed by atoms with van der Waals surface area (Å²) < 4.78 is 0. The van der Waals surface area contributed by atoms with Gasteiger partial charge in [-0.1, -0.05) is 60.3 Å². The zero-order valence-electron chi connectivity index (χ0n) is 16.1. The van der Waals surface area contributed by atoms with Gasteiger partial charge in [0.1, 0.15) is 5.75 Å². The van der Waals surface area contributed by atoms with Gasteiger partial charge in [0.25, 0.3) is 0 Å². The van der Waals surface area contributed by atoms with Crippen molar-refractivity contribution in [3.8, 4) is 5.75 Å². The summed E-state index contributed by atoms with van der Waals surface area (Å²) in [5.74, 6) is 0.147. The fourth-order valence-electron chi connectivity index (χ4n) is 2.72. The second-order valence-electron chi connectivity index (χ2n) is 6.42. The number of rotatable bonds is 6. The molecule has 5 heteroatoms. The van der Waals surface area contributed by atoms with Crippen molar-refractivity contribution in [2.75, 3.05) is 0 Å². The average Bonchev–Trinajstić information content (AvgIpc) is 2.80. The highest BCUT2D eigenvalue weighted by Gasteiger charge is 2.04. The van der Waals surface area contributed by atoms with Crippen LogP contribution in [-0.4, -0.2) is 11.3 Å². The number of para-hydroxylation sites is 1. The van der Waals surface area contributed by atoms with Crippen LogP contribution in [0.2, 0.25) is 0 Å². The topological polar surface area (TPSA) is 57.3 Å². The van der Waals surface area contributed by atoms with Gasteiger partial charge in [-0.25, -0.2) is 0 Å². The normalized spacial score (nSPS) is 11.3. The molecule has 0 fully saturated rings. The predicted octanol–water partition coefficient (Wildman–Crippen LogP) is 7.71. The molecular weight excluding hydrogens is 390 g/mol. The fraction of sp³-hybridized carbons (Fsp3) is 0. The zero-order chi connectivity index (χ0) is 20.6. The maximum atomic E-state index is 10.1. The van der Waals surface area contributed by atoms with Crippen molar-refractivity contribution in [3.05, 3.63) is 109 Å². The Balaban J connectivity index is 1.56. The minimum absolute atomic E-state index is 0.147. The first-order valence-electron chi connectivity index (χ1n) is 9.44. The predicted molar refractivity (Wildman–Crippen MR) is 123 cm³/mol. The maximum absolute atomic E-state index is 10.1. The van der Waals surface area contributed by atoms with E-state index in [1.807, 2.05) is 72.8 Å². The van der Waals surface area contributed by atoms with Crippen LogP contribution in [0.4, 0.5) is 17.1 Å². The van der Waals surface area contributed by atoms with E-state index < -0.39 is 0 Å². The molecule has 4 rings (SSSR count). The van der Waals surface area contributed by atoms with Crippen molar-refractivity contribution in [2.24, 2.45) is 15.2 Å². The van der Waals surface area contributed by atoms with Crippen LogP contribution < -0.4 is 0 Å². The summed E-state index contributed by atoms with van der Waals surface area (Å²) in [5, 5.41) is 19.0. The number of azo groups is 1. The molecule has 4 nitrogen and oxygen atoms in total. The number of nitrogens with zero attached hydrogens (tertiary/aromatic N) is 3. The van der Waals surface area contributed by atoms with Crippen molar-refractivity contribution in [1.29, 1.82) is 0 Å². The Morgan fingerprint density at radius 2 is 1.37 bits per heavy atom. The smallest absolute Gasteiger partial charge is 0.124 e. The molecule has 0 spiro atoms. The van der Waals surface area contributed by atoms with E-state index in [9.17, 15) is 5.11 Å². The van der Waals surface area contributed by atoms with Crippen molar-refractivity contribution >= 4 is 35.0 Å². The first kappa shape index (κ1) is 19.6. The van der Waals surface area contributed by atoms with Gasteiger partial charge >= 0.3 is 0 Å². The summed E-state index contributed by atoms with van der Waals surface area (Å²) in [6.45, 7) is 0. The zero-order valence-corrected chi connectivity index (χ0v) is 16.9. The van der Waals surface area contributed by atoms with Crippen LogP contribution >= 0.6 is 11.8 Å². The third-order valence-electron chi connectivity index (χ3n) is 4.23. The number of hydrogen-bond donors (Lipinski definition) is 1. The molecule has 0 saturated heterocycles. The highest BCUT2D eigenvalue weighted by Crippen LogP contribution is 2.35. The summed E-state index contributed by atoms with van der Waals surface area (Å²) >= 11 is 1.65. The quantitative estimate of drug-likeness (QED) is 0.262. The van der Waals surface area contributed by atoms with E-state index in [1.54, 1.807) is 36.2 Å². The molecule has 0 saturated carbocycles. The van der Waals surface area contributed by atoms with Crippen LogP contribution in [0, 0.1) is 0 Å². The lowest BCUT2D eigenvalue weighted by atomic mass is 10.2. The Bertz CT molecular complexity index is 1180. The molecule has 30 heavy (non-hydrogen) atoms. The standard InChI is InChI=1S/C25H19N3OS/c29-24-16-15-21(17-19(24)18-26-20-9-3-1-4-10-20)27-28-23-13-7-8-14-25(23)30-22-11-5-2-6-12-22/h1-18,29H. The van der Waals surface area contributed by atoms with Crippen LogP contribution in [-0.2, 0) is 0 Å². The van der Waals surface area contributed by atoms with Crippen LogP contribution in [0.1, 0.15) is 5.56 Å². The van der Waals surface area contributed by atoms with Crippen molar-refractivity contribution in [3.63, 3.8) is 0 Å². The number of aromatic hydroxyl groups is 1. The van der Waals surface area contributed by atoms with Crippen LogP contribution in [0.25, 0.3) is 0 Å². The number of hydrogen-bond acceptors (Lipinski definition) is 5. The van der Waals surface area contributed by atoms with Gasteiger partial charge in [-0.3, -0.25) is 4.99 Å². The Labute approximate surface area is 179 Å². The van der Waals surface area contributed by atoms with Gasteiger partial charge in [0, 0.05) is 21.6 Å². The summed E-state index contributed by atoms with van der Waals surface area (Å²) in [6.07, 6.45) is 1.63. The average molecular weight is 410 g/mol. The molecule has 0 unspecified atom stereocenters. The third kappa shape index (κ3) is 5.21. The molecule has 4 aromatic rings. The maximum Gasteiger partial charge on any atom is 0.124 e. The molecule has 0 heterocycles. The highest BCUT2D eigenvalue weighted by molar-refractivity contribution is 7.99. The molecule has 0 aromatic heterocycles. The first-order chi connectivity index (χ1) is 14.8. The van der Waals surface area contributed by atoms with Crippen molar-refractivity contribution < 1.29 is 5.11 Å². The van der Waals surface area contributed by atoms with E-state index in [-0.39, 0.29) is 5.75 Å². The van der Waals surface area contributed by atoms with E-state index in [2.05, 4.69) is 27.4 Å². The molecule has 4 aromatic carbocycles. The van der Waals surface area contributed by atoms with Crippen LogP contribution in [0.15, 0.2) is 128 Å². The summed E-state index contributed by atoms with van der Waals surface area (Å²) in [4.78, 5) is 6.56. The first-order valence-corrected chi connectivity index (χ1v) is 10.3. The Hall–Kier alpha value is -3.70. The SMILES string of the molecule is Oc1ccc(N=Nc2ccccc2Sc2ccccc2)cc1C=Nc1ccccc1. The number of aliphatic imine (C=N–C) groups is 1. The third-order valence-corrected chi connectivity index (χ3v) is 5.30. The lowest BCUT2D eigenvalue weighted by Gasteiger charge is -2.04. The molecule has 0 radical (unpaired) electrons. The molecule has 1 N–H and O–H groups in total. The van der Waals surface area contributed by atoms with Crippen LogP contribution in [0.5, 0.6) is 5.75 Å². The lowest BCUT2D eigenvalue weighted by molar-refractivity contribution is 0.474. The van der Waals surface area contributed by atoms with E-state index in [0.717, 1.165) is 21.2 Å². The highest BCUT2D eigenvalue weighted by atomic mass is 32.2. The second-order valence-corrected chi connectivity index (χ2v) is 7.54. The Morgan fingerprint density at radius 1 is 0.667 bits per heavy atom. The molecule has 146 valence electrons. The number of phenols is 1. The van der Waals surface area contributed by atoms with Gasteiger partial charge in [-0.05, 0) is 54.6 Å². The number of phenolic OH excluding ortho intramolecular Hbond substituents is 1. The Morgan fingerprint density at radius 3 is 2.17 bits per heavy atom. The molecule has 0 amide bonds. The van der Waals surface area contributed by atoms with E-state index in [4.69, 9.17) is 0 Å². The van der Waals surface area contributed by atoms with Gasteiger partial charge in [0.05, 0.1) is 17.1 Å². The summed E-state index contributed by atoms with van der Waals surface area (Å²) in [6, 6.07) is 32.7. The van der Waals surface area contributed by atoms with Gasteiger partial charge in [-0.2, -0.15) is 5.11 Å². The molecule has 0 bridgehead atoms. The molecule has 0 aliphatic rings. The monoisotopic (exact) mass is 409 g/mol. The second kappa shape index (κ2) is 9.67. The van der Waals surface area contributed by atoms with E-state index in [1.165, 1.54) is 0 Å². The molecule has 0 aliphatic heterocycles. The molecule has 0 atom stereocenters. The van der Waals surface area contributed by atoms with Gasteiger partial charge < -0.3 is 5.11 Å². The molecule has 0 aliphatic carbocycles. The summed E-state index contributed by atoms with van der Waals surface area (Å²) in [5.41, 5.74) is 2.83. The fourth-order valence-corrected chi connectivity index (χ4v) is 3.63. The molecular formula is C25H19N3OS. The number of benzene rings is 4.